The van der Waals surface area contributed by atoms with Crippen molar-refractivity contribution < 1.29 is 64.4 Å². The molecule has 1 saturated carbocycles. The summed E-state index contributed by atoms with van der Waals surface area (Å²) < 4.78 is 10.9. The molecule has 1 fully saturated rings. The fourth-order valence-electron chi connectivity index (χ4n) is 6.81. The number of aliphatic hydroxyl groups excluding tert-OH is 3. The van der Waals surface area contributed by atoms with E-state index in [1.807, 2.05) is 0 Å². The lowest BCUT2D eigenvalue weighted by molar-refractivity contribution is -0.217. The first-order valence-electron chi connectivity index (χ1n) is 13.8. The van der Waals surface area contributed by atoms with Gasteiger partial charge in [-0.05, 0) is 37.6 Å². The lowest BCUT2D eigenvalue weighted by Crippen LogP contribution is -2.69. The Morgan fingerprint density at radius 3 is 1.84 bits per heavy atom. The van der Waals surface area contributed by atoms with Crippen molar-refractivity contribution in [2.75, 3.05) is 14.2 Å². The molecule has 0 amide bonds. The lowest BCUT2D eigenvalue weighted by atomic mass is 9.59. The van der Waals surface area contributed by atoms with Crippen LogP contribution in [0.15, 0.2) is 24.3 Å². The fourth-order valence-corrected chi connectivity index (χ4v) is 6.81. The first-order chi connectivity index (χ1) is 21.1. The summed E-state index contributed by atoms with van der Waals surface area (Å²) in [4.78, 5) is 55.4. The lowest BCUT2D eigenvalue weighted by Gasteiger charge is -2.50. The number of phenolic OH excluding ortho intramolecular Hbond substituents is 3. The predicted octanol–water partition coefficient (Wildman–Crippen LogP) is 1.03. The standard InChI is InChI=1S/C32H28O13/c1-9-5-10-11(6-13(9)33)25(36)17-12(24(10)35)7-15(44-3)20(26(17)37)19-16(45-4)8-14(34)18-21(19)28(39)23-22(27(18)38)29(40)31(42)32(2,43)30(23)41/h5-8,22-23,29-31,33-34,37,40-43H,1-4H3/t22?,23?,29-,30-,31+,32-/m0/s1. The number of aliphatic hydroxyl groups is 4. The Kier molecular flexibility index (Phi) is 6.61. The third kappa shape index (κ3) is 3.81. The van der Waals surface area contributed by atoms with Crippen molar-refractivity contribution >= 4 is 23.1 Å². The van der Waals surface area contributed by atoms with Gasteiger partial charge < -0.3 is 45.2 Å². The smallest absolute Gasteiger partial charge is 0.198 e. The minimum Gasteiger partial charge on any atom is -0.508 e. The van der Waals surface area contributed by atoms with Crippen LogP contribution in [0.2, 0.25) is 0 Å². The van der Waals surface area contributed by atoms with Crippen LogP contribution >= 0.6 is 0 Å². The van der Waals surface area contributed by atoms with Crippen LogP contribution in [0.1, 0.15) is 65.0 Å². The number of ether oxygens (including phenoxy) is 2. The maximum absolute atomic E-state index is 14.3. The summed E-state index contributed by atoms with van der Waals surface area (Å²) in [5.41, 5.74) is -5.05. The topological polar surface area (TPSA) is 228 Å². The number of hydrogen-bond acceptors (Lipinski definition) is 13. The first kappa shape index (κ1) is 30.2. The molecule has 3 aliphatic carbocycles. The van der Waals surface area contributed by atoms with E-state index in [0.29, 0.717) is 5.56 Å². The number of aromatic hydroxyl groups is 3. The number of aryl methyl sites for hydroxylation is 1. The molecular weight excluding hydrogens is 592 g/mol. The minimum absolute atomic E-state index is 0.0255. The summed E-state index contributed by atoms with van der Waals surface area (Å²) in [7, 11) is 2.33. The molecule has 0 heterocycles. The van der Waals surface area contributed by atoms with Crippen molar-refractivity contribution in [3.05, 3.63) is 63.2 Å². The van der Waals surface area contributed by atoms with Gasteiger partial charge in [-0.1, -0.05) is 0 Å². The number of rotatable bonds is 3. The number of fused-ring (bicyclic) bond motifs is 4. The zero-order valence-electron chi connectivity index (χ0n) is 24.3. The Morgan fingerprint density at radius 2 is 1.22 bits per heavy atom. The van der Waals surface area contributed by atoms with E-state index >= 15 is 0 Å². The molecule has 2 unspecified atom stereocenters. The Balaban J connectivity index is 1.68. The van der Waals surface area contributed by atoms with Crippen LogP contribution in [0.4, 0.5) is 0 Å². The molecule has 3 aromatic rings. The van der Waals surface area contributed by atoms with Gasteiger partial charge in [0.25, 0.3) is 0 Å². The highest BCUT2D eigenvalue weighted by atomic mass is 16.5. The van der Waals surface area contributed by atoms with Crippen LogP contribution < -0.4 is 9.47 Å². The molecule has 0 bridgehead atoms. The number of Topliss-reactive ketones (excluding diaryl/α,β-unsaturated/α-hetero) is 2. The van der Waals surface area contributed by atoms with Gasteiger partial charge in [0.05, 0.1) is 55.0 Å². The number of methoxy groups -OCH3 is 2. The van der Waals surface area contributed by atoms with E-state index in [2.05, 4.69) is 0 Å². The van der Waals surface area contributed by atoms with Gasteiger partial charge in [0.1, 0.15) is 40.5 Å². The van der Waals surface area contributed by atoms with Gasteiger partial charge in [-0.2, -0.15) is 0 Å². The SMILES string of the molecule is COc1cc2c(c(O)c1-c1c(OC)cc(O)c3c1C(=O)C1C(C3=O)[C@H](O)[C@@H](O)[C@@](C)(O)[C@H]1O)C(=O)c1cc(O)c(C)cc1C2=O. The average molecular weight is 621 g/mol. The molecule has 234 valence electrons. The molecule has 0 radical (unpaired) electrons. The van der Waals surface area contributed by atoms with E-state index in [0.717, 1.165) is 32.2 Å². The Hall–Kier alpha value is -4.82. The highest BCUT2D eigenvalue weighted by Gasteiger charge is 2.62. The second-order valence-corrected chi connectivity index (χ2v) is 11.7. The molecule has 0 saturated heterocycles. The maximum atomic E-state index is 14.3. The molecule has 0 aliphatic heterocycles. The molecule has 7 N–H and O–H groups in total. The molecule has 0 aromatic heterocycles. The highest BCUT2D eigenvalue weighted by Crippen LogP contribution is 2.55. The van der Waals surface area contributed by atoms with Gasteiger partial charge in [0, 0.05) is 33.9 Å². The normalized spacial score (nSPS) is 27.0. The molecule has 13 heteroatoms. The van der Waals surface area contributed by atoms with Crippen molar-refractivity contribution in [3.63, 3.8) is 0 Å². The quantitative estimate of drug-likeness (QED) is 0.170. The average Bonchev–Trinajstić information content (AvgIpc) is 2.99. The molecule has 0 spiro atoms. The van der Waals surface area contributed by atoms with Crippen LogP contribution in [-0.4, -0.2) is 97.0 Å². The predicted molar refractivity (Wildman–Crippen MR) is 152 cm³/mol. The summed E-state index contributed by atoms with van der Waals surface area (Å²) >= 11 is 0. The van der Waals surface area contributed by atoms with Crippen LogP contribution in [0, 0.1) is 18.8 Å². The van der Waals surface area contributed by atoms with Gasteiger partial charge in [0.15, 0.2) is 23.1 Å². The Labute approximate surface area is 254 Å². The third-order valence-corrected chi connectivity index (χ3v) is 9.24. The fraction of sp³-hybridized carbons (Fsp3) is 0.312. The van der Waals surface area contributed by atoms with E-state index < -0.39 is 87.1 Å². The van der Waals surface area contributed by atoms with Crippen molar-refractivity contribution in [1.82, 2.24) is 0 Å². The van der Waals surface area contributed by atoms with Gasteiger partial charge in [-0.25, -0.2) is 0 Å². The first-order valence-corrected chi connectivity index (χ1v) is 13.8. The molecule has 3 aliphatic rings. The number of carbonyl (C=O) groups is 4. The van der Waals surface area contributed by atoms with Crippen LogP contribution in [-0.2, 0) is 0 Å². The molecule has 6 rings (SSSR count). The van der Waals surface area contributed by atoms with Gasteiger partial charge in [-0.3, -0.25) is 19.2 Å². The van der Waals surface area contributed by atoms with Gasteiger partial charge >= 0.3 is 0 Å². The number of benzene rings is 3. The largest absolute Gasteiger partial charge is 0.508 e. The van der Waals surface area contributed by atoms with Crippen molar-refractivity contribution in [2.45, 2.75) is 37.8 Å². The van der Waals surface area contributed by atoms with E-state index in [4.69, 9.17) is 9.47 Å². The van der Waals surface area contributed by atoms with Crippen molar-refractivity contribution in [3.8, 4) is 39.9 Å². The van der Waals surface area contributed by atoms with Crippen molar-refractivity contribution in [2.24, 2.45) is 11.8 Å². The number of carbonyl (C=O) groups excluding carboxylic acids is 4. The second kappa shape index (κ2) is 9.84. The molecule has 3 aromatic carbocycles. The van der Waals surface area contributed by atoms with Crippen LogP contribution in [0.5, 0.6) is 28.7 Å². The number of ketones is 4. The molecule has 13 nitrogen and oxygen atoms in total. The molecular formula is C32H28O13. The zero-order chi connectivity index (χ0) is 33.0. The highest BCUT2D eigenvalue weighted by molar-refractivity contribution is 6.31. The summed E-state index contributed by atoms with van der Waals surface area (Å²) in [6.07, 6.45) is -6.12. The summed E-state index contributed by atoms with van der Waals surface area (Å²) in [6.45, 7) is 2.52. The Morgan fingerprint density at radius 1 is 0.644 bits per heavy atom. The van der Waals surface area contributed by atoms with E-state index in [1.54, 1.807) is 0 Å². The Bertz CT molecular complexity index is 1890. The van der Waals surface area contributed by atoms with E-state index in [-0.39, 0.29) is 45.1 Å². The van der Waals surface area contributed by atoms with Crippen LogP contribution in [0.3, 0.4) is 0 Å². The minimum atomic E-state index is -2.44. The van der Waals surface area contributed by atoms with E-state index in [9.17, 15) is 54.9 Å². The number of hydrogen-bond donors (Lipinski definition) is 7. The molecule has 6 atom stereocenters. The monoisotopic (exact) mass is 620 g/mol. The van der Waals surface area contributed by atoms with Crippen molar-refractivity contribution in [1.29, 1.82) is 0 Å². The zero-order valence-corrected chi connectivity index (χ0v) is 24.3. The van der Waals surface area contributed by atoms with Gasteiger partial charge in [-0.15, -0.1) is 0 Å². The summed E-state index contributed by atoms with van der Waals surface area (Å²) in [5.74, 6) is -9.65. The van der Waals surface area contributed by atoms with E-state index in [1.165, 1.54) is 20.1 Å². The summed E-state index contributed by atoms with van der Waals surface area (Å²) in [6, 6.07) is 4.55. The number of phenols is 3. The molecule has 45 heavy (non-hydrogen) atoms. The second-order valence-electron chi connectivity index (χ2n) is 11.7. The maximum Gasteiger partial charge on any atom is 0.198 e. The summed E-state index contributed by atoms with van der Waals surface area (Å²) in [5, 5.41) is 76.0. The third-order valence-electron chi connectivity index (χ3n) is 9.24. The van der Waals surface area contributed by atoms with Crippen LogP contribution in [0.25, 0.3) is 11.1 Å². The van der Waals surface area contributed by atoms with Gasteiger partial charge in [0.2, 0.25) is 0 Å².